The first-order valence-corrected chi connectivity index (χ1v) is 12.6. The van der Waals surface area contributed by atoms with E-state index in [1.807, 2.05) is 0 Å². The molecule has 0 aliphatic heterocycles. The van der Waals surface area contributed by atoms with Gasteiger partial charge in [-0.3, -0.25) is 9.59 Å². The molecule has 0 bridgehead atoms. The monoisotopic (exact) mass is 500 g/mol. The maximum atomic E-state index is 13.7. The van der Waals surface area contributed by atoms with Gasteiger partial charge in [-0.05, 0) is 72.4 Å². The highest BCUT2D eigenvalue weighted by Gasteiger charge is 2.34. The smallest absolute Gasteiger partial charge is 0.217 e. The number of ketones is 1. The molecule has 0 saturated carbocycles. The van der Waals surface area contributed by atoms with Crippen LogP contribution in [0.3, 0.4) is 0 Å². The van der Waals surface area contributed by atoms with Crippen LogP contribution in [0.25, 0.3) is 0 Å². The fourth-order valence-electron chi connectivity index (χ4n) is 5.19. The Bertz CT molecular complexity index is 1080. The fraction of sp³-hybridized carbons (Fsp3) is 0.517. The third kappa shape index (κ3) is 7.68. The number of amides is 1. The summed E-state index contributed by atoms with van der Waals surface area (Å²) in [6.07, 6.45) is 1.44. The summed E-state index contributed by atoms with van der Waals surface area (Å²) >= 11 is 0. The van der Waals surface area contributed by atoms with Crippen molar-refractivity contribution in [1.82, 2.24) is 10.6 Å². The van der Waals surface area contributed by atoms with Crippen LogP contribution < -0.4 is 10.6 Å². The largest absolute Gasteiger partial charge is 0.390 e. The Morgan fingerprint density at radius 2 is 1.72 bits per heavy atom. The standard InChI is InChI=1S/C29H38F2N2O3/c1-17(34)24-9-8-21-7-6-19(15-29(3,4)5)12-25(21)28(24)32-16-27(36)26(33-18(2)35)13-20-10-22(30)14-23(31)11-20/h6-7,10-12,14,24,26-28,32,36H,8-9,13,15-16H2,1-5H3,(H,33,35). The number of Topliss-reactive ketones (excluding diaryl/α,β-unsaturated/α-hetero) is 1. The Hall–Kier alpha value is -2.64. The number of halogens is 2. The van der Waals surface area contributed by atoms with Gasteiger partial charge in [0.1, 0.15) is 17.4 Å². The number of nitrogens with one attached hydrogen (secondary N) is 2. The van der Waals surface area contributed by atoms with Crippen molar-refractivity contribution in [1.29, 1.82) is 0 Å². The summed E-state index contributed by atoms with van der Waals surface area (Å²) < 4.78 is 27.4. The molecule has 1 aliphatic rings. The molecule has 2 aromatic carbocycles. The maximum absolute atomic E-state index is 13.7. The van der Waals surface area contributed by atoms with Gasteiger partial charge in [-0.2, -0.15) is 0 Å². The van der Waals surface area contributed by atoms with E-state index in [0.29, 0.717) is 12.0 Å². The summed E-state index contributed by atoms with van der Waals surface area (Å²) in [5.74, 6) is -1.93. The molecule has 0 heterocycles. The molecule has 1 aliphatic carbocycles. The number of carbonyl (C=O) groups is 2. The number of hydrogen-bond acceptors (Lipinski definition) is 4. The van der Waals surface area contributed by atoms with Crippen LogP contribution in [-0.2, 0) is 28.9 Å². The van der Waals surface area contributed by atoms with Crippen molar-refractivity contribution in [2.24, 2.45) is 11.3 Å². The molecule has 4 unspecified atom stereocenters. The highest BCUT2D eigenvalue weighted by atomic mass is 19.1. The fourth-order valence-corrected chi connectivity index (χ4v) is 5.19. The van der Waals surface area contributed by atoms with Gasteiger partial charge < -0.3 is 15.7 Å². The molecule has 1 amide bonds. The zero-order valence-corrected chi connectivity index (χ0v) is 21.8. The zero-order chi connectivity index (χ0) is 26.6. The van der Waals surface area contributed by atoms with Gasteiger partial charge >= 0.3 is 0 Å². The van der Waals surface area contributed by atoms with Crippen LogP contribution in [0.5, 0.6) is 0 Å². The van der Waals surface area contributed by atoms with E-state index in [4.69, 9.17) is 0 Å². The molecule has 36 heavy (non-hydrogen) atoms. The van der Waals surface area contributed by atoms with Crippen LogP contribution in [0.2, 0.25) is 0 Å². The van der Waals surface area contributed by atoms with Crippen molar-refractivity contribution >= 4 is 11.7 Å². The molecule has 3 rings (SSSR count). The van der Waals surface area contributed by atoms with Gasteiger partial charge in [0.2, 0.25) is 5.91 Å². The molecule has 196 valence electrons. The minimum Gasteiger partial charge on any atom is -0.390 e. The molecule has 0 saturated heterocycles. The quantitative estimate of drug-likeness (QED) is 0.476. The number of rotatable bonds is 9. The molecular formula is C29H38F2N2O3. The van der Waals surface area contributed by atoms with Gasteiger partial charge in [-0.15, -0.1) is 0 Å². The Labute approximate surface area is 212 Å². The van der Waals surface area contributed by atoms with Gasteiger partial charge in [0.25, 0.3) is 0 Å². The number of aryl methyl sites for hydroxylation is 1. The van der Waals surface area contributed by atoms with Crippen molar-refractivity contribution in [2.45, 2.75) is 78.5 Å². The Morgan fingerprint density at radius 3 is 2.31 bits per heavy atom. The third-order valence-corrected chi connectivity index (χ3v) is 6.71. The summed E-state index contributed by atoms with van der Waals surface area (Å²) in [4.78, 5) is 24.3. The summed E-state index contributed by atoms with van der Waals surface area (Å²) in [6.45, 7) is 9.58. The van der Waals surface area contributed by atoms with Gasteiger partial charge in [0.05, 0.1) is 12.1 Å². The lowest BCUT2D eigenvalue weighted by Crippen LogP contribution is -2.49. The van der Waals surface area contributed by atoms with Gasteiger partial charge in [-0.1, -0.05) is 39.0 Å². The summed E-state index contributed by atoms with van der Waals surface area (Å²) in [6, 6.07) is 8.58. The van der Waals surface area contributed by atoms with Crippen molar-refractivity contribution in [3.05, 3.63) is 70.3 Å². The number of aliphatic hydroxyl groups is 1. The molecular weight excluding hydrogens is 462 g/mol. The lowest BCUT2D eigenvalue weighted by Gasteiger charge is -2.35. The average molecular weight is 501 g/mol. The van der Waals surface area contributed by atoms with Crippen LogP contribution in [0.15, 0.2) is 36.4 Å². The van der Waals surface area contributed by atoms with Gasteiger partial charge in [0, 0.05) is 31.5 Å². The number of carbonyl (C=O) groups excluding carboxylic acids is 2. The molecule has 0 fully saturated rings. The molecule has 3 N–H and O–H groups in total. The summed E-state index contributed by atoms with van der Waals surface area (Å²) in [7, 11) is 0. The Morgan fingerprint density at radius 1 is 1.06 bits per heavy atom. The first-order chi connectivity index (χ1) is 16.8. The molecule has 5 nitrogen and oxygen atoms in total. The van der Waals surface area contributed by atoms with Crippen LogP contribution in [0.4, 0.5) is 8.78 Å². The van der Waals surface area contributed by atoms with Gasteiger partial charge in [0.15, 0.2) is 0 Å². The molecule has 0 radical (unpaired) electrons. The van der Waals surface area contributed by atoms with Crippen molar-refractivity contribution in [3.63, 3.8) is 0 Å². The van der Waals surface area contributed by atoms with Crippen molar-refractivity contribution < 1.29 is 23.5 Å². The maximum Gasteiger partial charge on any atom is 0.217 e. The number of benzene rings is 2. The number of aliphatic hydroxyl groups excluding tert-OH is 1. The lowest BCUT2D eigenvalue weighted by molar-refractivity contribution is -0.122. The molecule has 7 heteroatoms. The van der Waals surface area contributed by atoms with E-state index in [1.54, 1.807) is 6.92 Å². The highest BCUT2D eigenvalue weighted by Crippen LogP contribution is 2.36. The van der Waals surface area contributed by atoms with E-state index in [-0.39, 0.29) is 42.0 Å². The minimum absolute atomic E-state index is 0.0598. The van der Waals surface area contributed by atoms with Crippen LogP contribution in [0.1, 0.15) is 69.3 Å². The van der Waals surface area contributed by atoms with E-state index >= 15 is 0 Å². The van der Waals surface area contributed by atoms with E-state index < -0.39 is 23.8 Å². The molecule has 0 spiro atoms. The number of fused-ring (bicyclic) bond motifs is 1. The second-order valence-electron chi connectivity index (χ2n) is 11.3. The predicted molar refractivity (Wildman–Crippen MR) is 137 cm³/mol. The van der Waals surface area contributed by atoms with Crippen LogP contribution in [0, 0.1) is 23.0 Å². The molecule has 0 aromatic heterocycles. The van der Waals surface area contributed by atoms with Crippen molar-refractivity contribution in [3.8, 4) is 0 Å². The lowest BCUT2D eigenvalue weighted by atomic mass is 9.76. The molecule has 4 atom stereocenters. The van der Waals surface area contributed by atoms with E-state index in [0.717, 1.165) is 24.5 Å². The minimum atomic E-state index is -1.05. The second-order valence-corrected chi connectivity index (χ2v) is 11.3. The second kappa shape index (κ2) is 11.6. The topological polar surface area (TPSA) is 78.4 Å². The van der Waals surface area contributed by atoms with E-state index in [9.17, 15) is 23.5 Å². The summed E-state index contributed by atoms with van der Waals surface area (Å²) in [5, 5.41) is 17.1. The van der Waals surface area contributed by atoms with E-state index in [1.165, 1.54) is 30.2 Å². The first-order valence-electron chi connectivity index (χ1n) is 12.6. The third-order valence-electron chi connectivity index (χ3n) is 6.71. The van der Waals surface area contributed by atoms with E-state index in [2.05, 4.69) is 49.6 Å². The SMILES string of the molecule is CC(=O)NC(Cc1cc(F)cc(F)c1)C(O)CNC1c2cc(CC(C)(C)C)ccc2CCC1C(C)=O. The first kappa shape index (κ1) is 27.9. The highest BCUT2D eigenvalue weighted by molar-refractivity contribution is 5.79. The van der Waals surface area contributed by atoms with Crippen LogP contribution >= 0.6 is 0 Å². The zero-order valence-electron chi connectivity index (χ0n) is 21.8. The van der Waals surface area contributed by atoms with Crippen molar-refractivity contribution in [2.75, 3.05) is 6.54 Å². The Kier molecular flexibility index (Phi) is 9.01. The Balaban J connectivity index is 1.82. The van der Waals surface area contributed by atoms with Gasteiger partial charge in [-0.25, -0.2) is 8.78 Å². The average Bonchev–Trinajstić information content (AvgIpc) is 2.74. The summed E-state index contributed by atoms with van der Waals surface area (Å²) in [5.41, 5.74) is 3.90. The molecule has 2 aromatic rings. The number of hydrogen-bond donors (Lipinski definition) is 3. The predicted octanol–water partition coefficient (Wildman–Crippen LogP) is 4.44. The van der Waals surface area contributed by atoms with Crippen LogP contribution in [-0.4, -0.2) is 35.5 Å². The normalized spacial score (nSPS) is 19.3.